The maximum atomic E-state index is 2.33. The summed E-state index contributed by atoms with van der Waals surface area (Å²) in [6.45, 7) is 8.90. The van der Waals surface area contributed by atoms with Gasteiger partial charge in [-0.1, -0.05) is 94.1 Å². The molecular formula is C18H18S10. The third-order valence-electron chi connectivity index (χ3n) is 3.79. The van der Waals surface area contributed by atoms with Crippen LogP contribution in [0, 0.1) is 0 Å². The van der Waals surface area contributed by atoms with E-state index in [0.717, 1.165) is 0 Å². The minimum atomic E-state index is 1.17. The second-order valence-electron chi connectivity index (χ2n) is 5.79. The van der Waals surface area contributed by atoms with E-state index in [9.17, 15) is 0 Å². The maximum absolute atomic E-state index is 2.33. The molecule has 4 aliphatic heterocycles. The fourth-order valence-electron chi connectivity index (χ4n) is 2.13. The van der Waals surface area contributed by atoms with Crippen LogP contribution >= 0.6 is 118 Å². The van der Waals surface area contributed by atoms with E-state index in [-0.39, 0.29) is 0 Å². The lowest BCUT2D eigenvalue weighted by Crippen LogP contribution is -1.82. The maximum Gasteiger partial charge on any atom is 0.0705 e. The first-order valence-electron chi connectivity index (χ1n) is 8.39. The van der Waals surface area contributed by atoms with Gasteiger partial charge in [0, 0.05) is 11.5 Å². The molecule has 0 saturated carbocycles. The highest BCUT2D eigenvalue weighted by molar-refractivity contribution is 8.39. The molecular weight excluding hydrogens is 537 g/mol. The number of allylic oxidation sites excluding steroid dienone is 4. The molecule has 150 valence electrons. The Balaban J connectivity index is 1.17. The van der Waals surface area contributed by atoms with Crippen LogP contribution in [0.25, 0.3) is 0 Å². The van der Waals surface area contributed by atoms with Gasteiger partial charge in [0.05, 0.1) is 25.4 Å². The summed E-state index contributed by atoms with van der Waals surface area (Å²) in [6, 6.07) is 0. The van der Waals surface area contributed by atoms with Gasteiger partial charge in [-0.15, -0.1) is 23.5 Å². The molecule has 0 aromatic carbocycles. The smallest absolute Gasteiger partial charge is 0.0705 e. The van der Waals surface area contributed by atoms with E-state index in [0.29, 0.717) is 0 Å². The second-order valence-corrected chi connectivity index (χ2v) is 18.4. The van der Waals surface area contributed by atoms with Gasteiger partial charge in [0.25, 0.3) is 0 Å². The summed E-state index contributed by atoms with van der Waals surface area (Å²) in [4.78, 5) is 5.82. The van der Waals surface area contributed by atoms with E-state index < -0.39 is 0 Å². The molecule has 0 amide bonds. The van der Waals surface area contributed by atoms with Gasteiger partial charge in [-0.25, -0.2) is 0 Å². The molecule has 0 aromatic rings. The van der Waals surface area contributed by atoms with Crippen LogP contribution in [0.4, 0.5) is 0 Å². The molecule has 4 aliphatic rings. The summed E-state index contributed by atoms with van der Waals surface area (Å²) in [5, 5.41) is 4.67. The molecule has 0 atom stereocenters. The number of hydrogen-bond acceptors (Lipinski definition) is 10. The SMILES string of the molecule is CC1=C(C)SC(=C2SC=C(SCCSC3=CSC(=C4SC(C)=C(C)S4)S3)S2)S1. The topological polar surface area (TPSA) is 0 Å². The minimum absolute atomic E-state index is 1.17. The minimum Gasteiger partial charge on any atom is -0.118 e. The summed E-state index contributed by atoms with van der Waals surface area (Å²) in [5.74, 6) is 2.34. The molecule has 0 saturated heterocycles. The van der Waals surface area contributed by atoms with Gasteiger partial charge in [-0.3, -0.25) is 0 Å². The van der Waals surface area contributed by atoms with Crippen molar-refractivity contribution in [1.82, 2.24) is 0 Å². The van der Waals surface area contributed by atoms with Crippen LogP contribution in [0.5, 0.6) is 0 Å². The molecule has 0 radical (unpaired) electrons. The van der Waals surface area contributed by atoms with Crippen molar-refractivity contribution in [2.75, 3.05) is 11.5 Å². The Hall–Kier alpha value is 1.94. The van der Waals surface area contributed by atoms with Crippen LogP contribution in [0.2, 0.25) is 0 Å². The van der Waals surface area contributed by atoms with E-state index in [4.69, 9.17) is 0 Å². The van der Waals surface area contributed by atoms with E-state index in [2.05, 4.69) is 38.5 Å². The van der Waals surface area contributed by atoms with E-state index in [1.807, 2.05) is 118 Å². The Morgan fingerprint density at radius 1 is 0.536 bits per heavy atom. The predicted octanol–water partition coefficient (Wildman–Crippen LogP) is 10.7. The standard InChI is InChI=1S/C18H18S10/c1-9-10(2)24-17(23-9)15-21-7-13(27-15)19-5-6-20-14-8-22-16(28-14)18-25-11(3)12(4)26-18/h7-8H,5-6H2,1-4H3. The van der Waals surface area contributed by atoms with E-state index in [1.54, 1.807) is 0 Å². The molecule has 0 unspecified atom stereocenters. The third kappa shape index (κ3) is 5.84. The molecule has 0 N–H and O–H groups in total. The first kappa shape index (κ1) is 23.1. The van der Waals surface area contributed by atoms with Crippen LogP contribution < -0.4 is 0 Å². The summed E-state index contributed by atoms with van der Waals surface area (Å²) in [6.07, 6.45) is 0. The third-order valence-corrected chi connectivity index (χ3v) is 17.8. The molecule has 0 nitrogen and oxygen atoms in total. The number of hydrogen-bond donors (Lipinski definition) is 0. The van der Waals surface area contributed by atoms with Gasteiger partial charge in [-0.05, 0) is 58.1 Å². The molecule has 0 bridgehead atoms. The zero-order chi connectivity index (χ0) is 19.7. The molecule has 4 rings (SSSR count). The summed E-state index contributed by atoms with van der Waals surface area (Å²) >= 11 is 19.5. The normalized spacial score (nSPS) is 23.0. The van der Waals surface area contributed by atoms with Crippen LogP contribution in [-0.4, -0.2) is 11.5 Å². The first-order valence-corrected chi connectivity index (χ1v) is 17.0. The highest BCUT2D eigenvalue weighted by Gasteiger charge is 2.24. The van der Waals surface area contributed by atoms with Crippen molar-refractivity contribution in [2.24, 2.45) is 0 Å². The van der Waals surface area contributed by atoms with Crippen LogP contribution in [0.3, 0.4) is 0 Å². The lowest BCUT2D eigenvalue weighted by molar-refractivity contribution is 1.57. The average molecular weight is 555 g/mol. The van der Waals surface area contributed by atoms with Gasteiger partial charge in [0.15, 0.2) is 0 Å². The Morgan fingerprint density at radius 3 is 1.25 bits per heavy atom. The van der Waals surface area contributed by atoms with Gasteiger partial charge in [0.2, 0.25) is 0 Å². The Kier molecular flexibility index (Phi) is 8.84. The summed E-state index contributed by atoms with van der Waals surface area (Å²) in [5.41, 5.74) is 0. The number of rotatable bonds is 5. The second kappa shape index (κ2) is 10.7. The van der Waals surface area contributed by atoms with Crippen LogP contribution in [0.15, 0.2) is 55.9 Å². The Labute approximate surface area is 210 Å². The van der Waals surface area contributed by atoms with Crippen molar-refractivity contribution in [3.05, 3.63) is 55.9 Å². The van der Waals surface area contributed by atoms with Gasteiger partial charge >= 0.3 is 0 Å². The molecule has 4 heterocycles. The van der Waals surface area contributed by atoms with E-state index >= 15 is 0 Å². The lowest BCUT2D eigenvalue weighted by Gasteiger charge is -2.04. The zero-order valence-electron chi connectivity index (χ0n) is 15.7. The van der Waals surface area contributed by atoms with Gasteiger partial charge in [0.1, 0.15) is 0 Å². The lowest BCUT2D eigenvalue weighted by atomic mass is 10.6. The quantitative estimate of drug-likeness (QED) is 0.299. The Bertz CT molecular complexity index is 767. The highest BCUT2D eigenvalue weighted by atomic mass is 32.2. The van der Waals surface area contributed by atoms with Crippen molar-refractivity contribution in [1.29, 1.82) is 0 Å². The van der Waals surface area contributed by atoms with Crippen LogP contribution in [-0.2, 0) is 0 Å². The molecule has 0 fully saturated rings. The van der Waals surface area contributed by atoms with Crippen molar-refractivity contribution in [3.63, 3.8) is 0 Å². The van der Waals surface area contributed by atoms with E-state index in [1.165, 1.54) is 56.5 Å². The summed E-state index contributed by atoms with van der Waals surface area (Å²) < 4.78 is 8.79. The predicted molar refractivity (Wildman–Crippen MR) is 153 cm³/mol. The molecule has 28 heavy (non-hydrogen) atoms. The first-order chi connectivity index (χ1) is 13.5. The fourth-order valence-corrected chi connectivity index (χ4v) is 15.3. The molecule has 10 heteroatoms. The van der Waals surface area contributed by atoms with Crippen molar-refractivity contribution < 1.29 is 0 Å². The fraction of sp³-hybridized carbons (Fsp3) is 0.333. The van der Waals surface area contributed by atoms with Crippen molar-refractivity contribution >= 4 is 118 Å². The number of thioether (sulfide) groups is 10. The molecule has 0 spiro atoms. The van der Waals surface area contributed by atoms with Gasteiger partial charge < -0.3 is 0 Å². The molecule has 0 aliphatic carbocycles. The highest BCUT2D eigenvalue weighted by Crippen LogP contribution is 2.60. The van der Waals surface area contributed by atoms with Gasteiger partial charge in [-0.2, -0.15) is 0 Å². The van der Waals surface area contributed by atoms with Crippen molar-refractivity contribution in [3.8, 4) is 0 Å². The zero-order valence-corrected chi connectivity index (χ0v) is 23.8. The monoisotopic (exact) mass is 554 g/mol. The van der Waals surface area contributed by atoms with Crippen LogP contribution in [0.1, 0.15) is 27.7 Å². The summed E-state index contributed by atoms with van der Waals surface area (Å²) in [7, 11) is 0. The average Bonchev–Trinajstić information content (AvgIpc) is 3.43. The van der Waals surface area contributed by atoms with Crippen molar-refractivity contribution in [2.45, 2.75) is 27.7 Å². The molecule has 0 aromatic heterocycles. The Morgan fingerprint density at radius 2 is 0.893 bits per heavy atom. The largest absolute Gasteiger partial charge is 0.118 e.